The van der Waals surface area contributed by atoms with E-state index in [9.17, 15) is 4.79 Å². The number of unbranched alkanes of at least 4 members (excludes halogenated alkanes) is 3. The largest absolute Gasteiger partial charge is 0.494 e. The smallest absolute Gasteiger partial charge is 0.264 e. The average molecular weight is 357 g/mol. The minimum Gasteiger partial charge on any atom is -0.494 e. The number of likely N-dealkylation sites (tertiary alicyclic amines) is 1. The first-order chi connectivity index (χ1) is 12.8. The van der Waals surface area contributed by atoms with Crippen molar-refractivity contribution in [3.63, 3.8) is 0 Å². The topological polar surface area (TPSA) is 61.1 Å². The lowest BCUT2D eigenvalue weighted by Crippen LogP contribution is -2.29. The Bertz CT molecular complexity index is 701. The van der Waals surface area contributed by atoms with E-state index in [0.29, 0.717) is 0 Å². The van der Waals surface area contributed by atoms with Crippen molar-refractivity contribution < 1.29 is 4.74 Å². The molecule has 1 aliphatic heterocycles. The van der Waals surface area contributed by atoms with Gasteiger partial charge in [0.15, 0.2) is 0 Å². The lowest BCUT2D eigenvalue weighted by molar-refractivity contribution is 0.220. The highest BCUT2D eigenvalue weighted by atomic mass is 16.5. The van der Waals surface area contributed by atoms with Crippen LogP contribution in [0.15, 0.2) is 35.1 Å². The highest BCUT2D eigenvalue weighted by molar-refractivity contribution is 5.28. The maximum atomic E-state index is 11.0. The summed E-state index contributed by atoms with van der Waals surface area (Å²) >= 11 is 0. The third-order valence-corrected chi connectivity index (χ3v) is 5.01. The number of aromatic nitrogens is 2. The van der Waals surface area contributed by atoms with Gasteiger partial charge in [0.05, 0.1) is 6.61 Å². The number of hydrogen-bond donors (Lipinski definition) is 2. The highest BCUT2D eigenvalue weighted by Crippen LogP contribution is 2.18. The van der Waals surface area contributed by atoms with Gasteiger partial charge in [-0.05, 0) is 62.9 Å². The maximum Gasteiger partial charge on any atom is 0.264 e. The molecule has 5 nitrogen and oxygen atoms in total. The van der Waals surface area contributed by atoms with Crippen molar-refractivity contribution in [1.82, 2.24) is 15.1 Å². The molecule has 1 aromatic carbocycles. The van der Waals surface area contributed by atoms with E-state index in [-0.39, 0.29) is 5.56 Å². The van der Waals surface area contributed by atoms with Gasteiger partial charge in [-0.15, -0.1) is 0 Å². The Morgan fingerprint density at radius 2 is 1.81 bits per heavy atom. The fourth-order valence-electron chi connectivity index (χ4n) is 3.58. The molecule has 0 bridgehead atoms. The van der Waals surface area contributed by atoms with Crippen LogP contribution in [0.1, 0.15) is 56.2 Å². The molecular formula is C21H31N3O2. The zero-order chi connectivity index (χ0) is 18.0. The molecule has 0 aliphatic carbocycles. The molecule has 2 aromatic rings. The number of aryl methyl sites for hydroxylation is 1. The van der Waals surface area contributed by atoms with Gasteiger partial charge < -0.3 is 9.84 Å². The molecule has 1 aliphatic rings. The quantitative estimate of drug-likeness (QED) is 0.635. The van der Waals surface area contributed by atoms with Crippen LogP contribution in [0.25, 0.3) is 0 Å². The average Bonchev–Trinajstić information content (AvgIpc) is 3.07. The SMILES string of the molecule is O=c1cc(CCCCCCOc2cccc(CN3CCCCC3)c2)[nH][nH]1. The van der Waals surface area contributed by atoms with Gasteiger partial charge in [-0.2, -0.15) is 0 Å². The van der Waals surface area contributed by atoms with E-state index in [1.165, 1.54) is 37.9 Å². The van der Waals surface area contributed by atoms with Crippen LogP contribution in [0, 0.1) is 0 Å². The second-order valence-electron chi connectivity index (χ2n) is 7.28. The van der Waals surface area contributed by atoms with Gasteiger partial charge in [0, 0.05) is 18.3 Å². The van der Waals surface area contributed by atoms with E-state index in [1.807, 2.05) is 0 Å². The minimum atomic E-state index is -0.0454. The molecule has 0 atom stereocenters. The van der Waals surface area contributed by atoms with Crippen LogP contribution >= 0.6 is 0 Å². The Kier molecular flexibility index (Phi) is 7.37. The fraction of sp³-hybridized carbons (Fsp3) is 0.571. The first-order valence-electron chi connectivity index (χ1n) is 10.0. The van der Waals surface area contributed by atoms with E-state index >= 15 is 0 Å². The summed E-state index contributed by atoms with van der Waals surface area (Å²) in [6.07, 6.45) is 9.44. The normalized spacial score (nSPS) is 15.2. The van der Waals surface area contributed by atoms with E-state index in [4.69, 9.17) is 4.74 Å². The molecule has 5 heteroatoms. The summed E-state index contributed by atoms with van der Waals surface area (Å²) in [5, 5.41) is 5.47. The van der Waals surface area contributed by atoms with Crippen molar-refractivity contribution in [1.29, 1.82) is 0 Å². The molecule has 26 heavy (non-hydrogen) atoms. The molecule has 0 unspecified atom stereocenters. The lowest BCUT2D eigenvalue weighted by atomic mass is 10.1. The summed E-state index contributed by atoms with van der Waals surface area (Å²) < 4.78 is 5.93. The molecule has 1 saturated heterocycles. The number of nitrogens with zero attached hydrogens (tertiary/aromatic N) is 1. The van der Waals surface area contributed by atoms with Crippen molar-refractivity contribution in [2.24, 2.45) is 0 Å². The van der Waals surface area contributed by atoms with Gasteiger partial charge in [0.1, 0.15) is 5.75 Å². The van der Waals surface area contributed by atoms with Crippen LogP contribution in [0.3, 0.4) is 0 Å². The van der Waals surface area contributed by atoms with Gasteiger partial charge in [-0.25, -0.2) is 0 Å². The summed E-state index contributed by atoms with van der Waals surface area (Å²) in [5.41, 5.74) is 2.30. The molecule has 0 radical (unpaired) electrons. The fourth-order valence-corrected chi connectivity index (χ4v) is 3.58. The van der Waals surface area contributed by atoms with Crippen LogP contribution in [0.4, 0.5) is 0 Å². The Labute approximate surface area is 155 Å². The maximum absolute atomic E-state index is 11.0. The summed E-state index contributed by atoms with van der Waals surface area (Å²) in [4.78, 5) is 13.6. The third-order valence-electron chi connectivity index (χ3n) is 5.01. The van der Waals surface area contributed by atoms with E-state index in [0.717, 1.165) is 56.7 Å². The van der Waals surface area contributed by atoms with Crippen molar-refractivity contribution in [2.45, 2.75) is 57.9 Å². The zero-order valence-electron chi connectivity index (χ0n) is 15.6. The number of benzene rings is 1. The second kappa shape index (κ2) is 10.2. The molecule has 0 saturated carbocycles. The summed E-state index contributed by atoms with van der Waals surface area (Å²) in [6, 6.07) is 10.2. The predicted molar refractivity (Wildman–Crippen MR) is 105 cm³/mol. The summed E-state index contributed by atoms with van der Waals surface area (Å²) in [6.45, 7) is 4.26. The van der Waals surface area contributed by atoms with Crippen molar-refractivity contribution >= 4 is 0 Å². The Morgan fingerprint density at radius 1 is 0.962 bits per heavy atom. The molecule has 1 aromatic heterocycles. The predicted octanol–water partition coefficient (Wildman–Crippen LogP) is 3.87. The van der Waals surface area contributed by atoms with Crippen LogP contribution in [0.5, 0.6) is 5.75 Å². The van der Waals surface area contributed by atoms with Crippen LogP contribution in [-0.2, 0) is 13.0 Å². The first-order valence-corrected chi connectivity index (χ1v) is 10.0. The number of rotatable bonds is 10. The van der Waals surface area contributed by atoms with Crippen LogP contribution in [0.2, 0.25) is 0 Å². The molecular weight excluding hydrogens is 326 g/mol. The van der Waals surface area contributed by atoms with Gasteiger partial charge in [0.25, 0.3) is 5.56 Å². The standard InChI is InChI=1S/C21H31N3O2/c25-21-16-19(22-23-21)10-4-1-2-7-14-26-20-11-8-9-18(15-20)17-24-12-5-3-6-13-24/h8-9,11,15-16H,1-7,10,12-14,17H2,(H2,22,23,25). The molecule has 3 rings (SSSR count). The lowest BCUT2D eigenvalue weighted by Gasteiger charge is -2.26. The molecule has 142 valence electrons. The minimum absolute atomic E-state index is 0.0454. The van der Waals surface area contributed by atoms with Gasteiger partial charge in [-0.3, -0.25) is 14.8 Å². The molecule has 1 fully saturated rings. The van der Waals surface area contributed by atoms with E-state index in [1.54, 1.807) is 6.07 Å². The van der Waals surface area contributed by atoms with E-state index < -0.39 is 0 Å². The van der Waals surface area contributed by atoms with Crippen molar-refractivity contribution in [2.75, 3.05) is 19.7 Å². The number of piperidine rings is 1. The monoisotopic (exact) mass is 357 g/mol. The van der Waals surface area contributed by atoms with Gasteiger partial charge >= 0.3 is 0 Å². The van der Waals surface area contributed by atoms with Crippen LogP contribution < -0.4 is 10.3 Å². The zero-order valence-corrected chi connectivity index (χ0v) is 15.6. The van der Waals surface area contributed by atoms with Gasteiger partial charge in [-0.1, -0.05) is 31.4 Å². The number of aromatic amines is 2. The Hall–Kier alpha value is -2.01. The van der Waals surface area contributed by atoms with E-state index in [2.05, 4.69) is 39.4 Å². The van der Waals surface area contributed by atoms with Crippen molar-refractivity contribution in [3.05, 3.63) is 51.9 Å². The Morgan fingerprint density at radius 3 is 2.62 bits per heavy atom. The molecule has 2 N–H and O–H groups in total. The third kappa shape index (κ3) is 6.37. The number of H-pyrrole nitrogens is 2. The highest BCUT2D eigenvalue weighted by Gasteiger charge is 2.10. The summed E-state index contributed by atoms with van der Waals surface area (Å²) in [5.74, 6) is 0.990. The number of nitrogens with one attached hydrogen (secondary N) is 2. The Balaban J connectivity index is 1.29. The van der Waals surface area contributed by atoms with Crippen molar-refractivity contribution in [3.8, 4) is 5.75 Å². The number of hydrogen-bond acceptors (Lipinski definition) is 3. The van der Waals surface area contributed by atoms with Crippen LogP contribution in [-0.4, -0.2) is 34.8 Å². The first kappa shape index (κ1) is 18.8. The number of ether oxygens (including phenoxy) is 1. The van der Waals surface area contributed by atoms with Gasteiger partial charge in [0.2, 0.25) is 0 Å². The molecule has 0 spiro atoms. The molecule has 2 heterocycles. The summed E-state index contributed by atoms with van der Waals surface area (Å²) in [7, 11) is 0. The second-order valence-corrected chi connectivity index (χ2v) is 7.28. The molecule has 0 amide bonds.